The van der Waals surface area contributed by atoms with Crippen molar-refractivity contribution < 1.29 is 4.79 Å². The first-order valence-corrected chi connectivity index (χ1v) is 4.67. The molecule has 0 aliphatic rings. The Morgan fingerprint density at radius 1 is 1.46 bits per heavy atom. The highest BCUT2D eigenvalue weighted by Gasteiger charge is 2.00. The fourth-order valence-electron chi connectivity index (χ4n) is 0.877. The molecule has 0 fully saturated rings. The van der Waals surface area contributed by atoms with Crippen molar-refractivity contribution in [2.24, 2.45) is 0 Å². The third-order valence-electron chi connectivity index (χ3n) is 1.46. The summed E-state index contributed by atoms with van der Waals surface area (Å²) in [6.45, 7) is 10.9. The third-order valence-corrected chi connectivity index (χ3v) is 1.46. The van der Waals surface area contributed by atoms with Crippen molar-refractivity contribution in [3.63, 3.8) is 0 Å². The van der Waals surface area contributed by atoms with Gasteiger partial charge in [0.1, 0.15) is 0 Å². The summed E-state index contributed by atoms with van der Waals surface area (Å²) >= 11 is 0. The Labute approximate surface area is 80.6 Å². The lowest BCUT2D eigenvalue weighted by Crippen LogP contribution is -2.37. The average molecular weight is 184 g/mol. The van der Waals surface area contributed by atoms with Crippen LogP contribution in [0.5, 0.6) is 0 Å². The Balaban J connectivity index is 3.32. The maximum atomic E-state index is 11.1. The van der Waals surface area contributed by atoms with Crippen LogP contribution in [-0.2, 0) is 4.79 Å². The van der Waals surface area contributed by atoms with Crippen LogP contribution in [0.15, 0.2) is 12.2 Å². The highest BCUT2D eigenvalue weighted by atomic mass is 16.1. The fourth-order valence-corrected chi connectivity index (χ4v) is 0.877. The molecule has 13 heavy (non-hydrogen) atoms. The Morgan fingerprint density at radius 3 is 2.54 bits per heavy atom. The Hall–Kier alpha value is -0.830. The highest BCUT2D eigenvalue weighted by molar-refractivity contribution is 5.78. The Bertz CT molecular complexity index is 176. The van der Waals surface area contributed by atoms with Crippen LogP contribution in [0.25, 0.3) is 0 Å². The van der Waals surface area contributed by atoms with Gasteiger partial charge in [-0.25, -0.2) is 0 Å². The molecule has 3 heteroatoms. The van der Waals surface area contributed by atoms with Gasteiger partial charge in [0.15, 0.2) is 0 Å². The molecule has 1 amide bonds. The minimum Gasteiger partial charge on any atom is -0.353 e. The third kappa shape index (κ3) is 9.08. The molecule has 0 aliphatic heterocycles. The van der Waals surface area contributed by atoms with Gasteiger partial charge in [0.2, 0.25) is 5.91 Å². The van der Waals surface area contributed by atoms with Crippen molar-refractivity contribution in [1.82, 2.24) is 10.6 Å². The molecular formula is C10H20N2O. The summed E-state index contributed by atoms with van der Waals surface area (Å²) < 4.78 is 0. The standard InChI is InChI=1S/C10H20N2O/c1-8(2)5-6-11-7-10(13)12-9(3)4/h9,11H,1,5-7H2,2-4H3,(H,12,13). The first-order chi connectivity index (χ1) is 6.02. The molecule has 0 aliphatic carbocycles. The minimum absolute atomic E-state index is 0.0525. The molecule has 76 valence electrons. The predicted molar refractivity (Wildman–Crippen MR) is 55.6 cm³/mol. The summed E-state index contributed by atoms with van der Waals surface area (Å²) in [6.07, 6.45) is 0.926. The second kappa shape index (κ2) is 6.66. The molecule has 0 spiro atoms. The van der Waals surface area contributed by atoms with Gasteiger partial charge in [-0.2, -0.15) is 0 Å². The summed E-state index contributed by atoms with van der Waals surface area (Å²) in [5.41, 5.74) is 1.14. The van der Waals surface area contributed by atoms with E-state index in [0.29, 0.717) is 6.54 Å². The number of carbonyl (C=O) groups is 1. The number of nitrogens with one attached hydrogen (secondary N) is 2. The van der Waals surface area contributed by atoms with Crippen molar-refractivity contribution in [3.8, 4) is 0 Å². The number of carbonyl (C=O) groups excluding carboxylic acids is 1. The smallest absolute Gasteiger partial charge is 0.234 e. The van der Waals surface area contributed by atoms with Gasteiger partial charge in [-0.1, -0.05) is 5.57 Å². The normalized spacial score (nSPS) is 10.2. The summed E-state index contributed by atoms with van der Waals surface area (Å²) in [7, 11) is 0. The number of hydrogen-bond acceptors (Lipinski definition) is 2. The predicted octanol–water partition coefficient (Wildman–Crippen LogP) is 1.07. The van der Waals surface area contributed by atoms with Crippen LogP contribution in [0.1, 0.15) is 27.2 Å². The van der Waals surface area contributed by atoms with Crippen LogP contribution < -0.4 is 10.6 Å². The van der Waals surface area contributed by atoms with Gasteiger partial charge in [-0.15, -0.1) is 6.58 Å². The zero-order valence-electron chi connectivity index (χ0n) is 8.81. The van der Waals surface area contributed by atoms with Gasteiger partial charge in [0, 0.05) is 6.04 Å². The van der Waals surface area contributed by atoms with E-state index < -0.39 is 0 Å². The van der Waals surface area contributed by atoms with Crippen molar-refractivity contribution >= 4 is 5.91 Å². The van der Waals surface area contributed by atoms with E-state index in [-0.39, 0.29) is 11.9 Å². The van der Waals surface area contributed by atoms with E-state index >= 15 is 0 Å². The Kier molecular flexibility index (Phi) is 6.24. The molecule has 0 bridgehead atoms. The van der Waals surface area contributed by atoms with Crippen LogP contribution in [-0.4, -0.2) is 25.0 Å². The fraction of sp³-hybridized carbons (Fsp3) is 0.700. The second-order valence-electron chi connectivity index (χ2n) is 3.61. The SMILES string of the molecule is C=C(C)CCNCC(=O)NC(C)C. The zero-order chi connectivity index (χ0) is 10.3. The summed E-state index contributed by atoms with van der Waals surface area (Å²) in [5.74, 6) is 0.0525. The molecule has 0 aromatic rings. The van der Waals surface area contributed by atoms with E-state index in [1.54, 1.807) is 0 Å². The maximum absolute atomic E-state index is 11.1. The van der Waals surface area contributed by atoms with Crippen LogP contribution in [0.3, 0.4) is 0 Å². The lowest BCUT2D eigenvalue weighted by atomic mass is 10.2. The van der Waals surface area contributed by atoms with Crippen LogP contribution in [0.2, 0.25) is 0 Å². The molecular weight excluding hydrogens is 164 g/mol. The summed E-state index contributed by atoms with van der Waals surface area (Å²) in [6, 6.07) is 0.218. The first kappa shape index (κ1) is 12.2. The molecule has 3 nitrogen and oxygen atoms in total. The molecule has 0 heterocycles. The van der Waals surface area contributed by atoms with Crippen molar-refractivity contribution in [2.75, 3.05) is 13.1 Å². The second-order valence-corrected chi connectivity index (χ2v) is 3.61. The van der Waals surface area contributed by atoms with Gasteiger partial charge in [0.05, 0.1) is 6.54 Å². The summed E-state index contributed by atoms with van der Waals surface area (Å²) in [4.78, 5) is 11.1. The topological polar surface area (TPSA) is 41.1 Å². The molecule has 2 N–H and O–H groups in total. The lowest BCUT2D eigenvalue weighted by molar-refractivity contribution is -0.120. The van der Waals surface area contributed by atoms with E-state index in [1.807, 2.05) is 20.8 Å². The average Bonchev–Trinajstić information content (AvgIpc) is 1.96. The van der Waals surface area contributed by atoms with Crippen LogP contribution in [0.4, 0.5) is 0 Å². The minimum atomic E-state index is 0.0525. The molecule has 0 saturated heterocycles. The molecule has 0 radical (unpaired) electrons. The Morgan fingerprint density at radius 2 is 2.08 bits per heavy atom. The largest absolute Gasteiger partial charge is 0.353 e. The van der Waals surface area contributed by atoms with Crippen molar-refractivity contribution in [3.05, 3.63) is 12.2 Å². The zero-order valence-corrected chi connectivity index (χ0v) is 8.81. The van der Waals surface area contributed by atoms with E-state index in [0.717, 1.165) is 18.5 Å². The van der Waals surface area contributed by atoms with Gasteiger partial charge in [0.25, 0.3) is 0 Å². The molecule has 0 aromatic heterocycles. The van der Waals surface area contributed by atoms with Crippen molar-refractivity contribution in [2.45, 2.75) is 33.2 Å². The van der Waals surface area contributed by atoms with Crippen molar-refractivity contribution in [1.29, 1.82) is 0 Å². The number of amides is 1. The molecule has 0 aromatic carbocycles. The van der Waals surface area contributed by atoms with E-state index in [9.17, 15) is 4.79 Å². The van der Waals surface area contributed by atoms with Gasteiger partial charge in [-0.3, -0.25) is 4.79 Å². The quantitative estimate of drug-likeness (QED) is 0.479. The number of hydrogen-bond donors (Lipinski definition) is 2. The van der Waals surface area contributed by atoms with E-state index in [4.69, 9.17) is 0 Å². The summed E-state index contributed by atoms with van der Waals surface area (Å²) in [5, 5.41) is 5.86. The van der Waals surface area contributed by atoms with Gasteiger partial charge < -0.3 is 10.6 Å². The van der Waals surface area contributed by atoms with E-state index in [2.05, 4.69) is 17.2 Å². The van der Waals surface area contributed by atoms with E-state index in [1.165, 1.54) is 0 Å². The monoisotopic (exact) mass is 184 g/mol. The first-order valence-electron chi connectivity index (χ1n) is 4.67. The molecule has 0 saturated carbocycles. The lowest BCUT2D eigenvalue weighted by Gasteiger charge is -2.08. The van der Waals surface area contributed by atoms with Crippen LogP contribution in [0, 0.1) is 0 Å². The maximum Gasteiger partial charge on any atom is 0.234 e. The highest BCUT2D eigenvalue weighted by Crippen LogP contribution is 1.91. The number of rotatable bonds is 6. The van der Waals surface area contributed by atoms with Gasteiger partial charge >= 0.3 is 0 Å². The molecule has 0 atom stereocenters. The van der Waals surface area contributed by atoms with Gasteiger partial charge in [-0.05, 0) is 33.7 Å². The molecule has 0 rings (SSSR count). The van der Waals surface area contributed by atoms with Crippen LogP contribution >= 0.6 is 0 Å². The molecule has 0 unspecified atom stereocenters.